The number of carbonyl (C=O) groups is 1. The SMILES string of the molecule is CC(C)=C[C@@H]1[C@H](C(=O)[C@H](C#N)c2nc3cc(Cl)ccc3s2)C1(C)C. The monoisotopic (exact) mass is 358 g/mol. The minimum absolute atomic E-state index is 0.0184. The maximum absolute atomic E-state index is 13.0. The smallest absolute Gasteiger partial charge is 0.161 e. The topological polar surface area (TPSA) is 53.8 Å². The Balaban J connectivity index is 1.92. The van der Waals surface area contributed by atoms with Crippen LogP contribution in [0.15, 0.2) is 29.8 Å². The molecule has 0 spiro atoms. The fourth-order valence-electron chi connectivity index (χ4n) is 3.35. The summed E-state index contributed by atoms with van der Waals surface area (Å²) >= 11 is 7.39. The molecule has 1 saturated carbocycles. The van der Waals surface area contributed by atoms with Crippen LogP contribution < -0.4 is 0 Å². The molecule has 0 radical (unpaired) electrons. The molecule has 0 unspecified atom stereocenters. The van der Waals surface area contributed by atoms with E-state index in [9.17, 15) is 10.1 Å². The molecule has 3 atom stereocenters. The van der Waals surface area contributed by atoms with Gasteiger partial charge in [-0.2, -0.15) is 5.26 Å². The standard InChI is InChI=1S/C19H19ClN2OS/c1-10(2)7-13-16(19(13,3)4)17(23)12(9-21)18-22-14-8-11(20)5-6-15(14)24-18/h5-8,12-13,16H,1-4H3/t12-,13+,16+/m0/s1. The average molecular weight is 359 g/mol. The van der Waals surface area contributed by atoms with Crippen molar-refractivity contribution in [3.63, 3.8) is 0 Å². The Morgan fingerprint density at radius 1 is 1.46 bits per heavy atom. The third-order valence-electron chi connectivity index (χ3n) is 4.76. The number of benzene rings is 1. The molecule has 0 bridgehead atoms. The number of halogens is 1. The average Bonchev–Trinajstić information content (AvgIpc) is 2.83. The van der Waals surface area contributed by atoms with E-state index < -0.39 is 5.92 Å². The van der Waals surface area contributed by atoms with Crippen LogP contribution in [0.5, 0.6) is 0 Å². The molecular formula is C19H19ClN2OS. The highest BCUT2D eigenvalue weighted by atomic mass is 35.5. The molecule has 0 aliphatic heterocycles. The van der Waals surface area contributed by atoms with Crippen LogP contribution in [-0.4, -0.2) is 10.8 Å². The molecule has 24 heavy (non-hydrogen) atoms. The summed E-state index contributed by atoms with van der Waals surface area (Å²) < 4.78 is 0.943. The van der Waals surface area contributed by atoms with Crippen molar-refractivity contribution in [1.82, 2.24) is 4.98 Å². The van der Waals surface area contributed by atoms with Crippen molar-refractivity contribution in [3.05, 3.63) is 39.9 Å². The lowest BCUT2D eigenvalue weighted by molar-refractivity contribution is -0.121. The third-order valence-corrected chi connectivity index (χ3v) is 6.09. The van der Waals surface area contributed by atoms with E-state index in [4.69, 9.17) is 11.6 Å². The Kier molecular flexibility index (Phi) is 4.27. The molecule has 3 nitrogen and oxygen atoms in total. The number of nitriles is 1. The van der Waals surface area contributed by atoms with Crippen molar-refractivity contribution in [1.29, 1.82) is 5.26 Å². The number of carbonyl (C=O) groups excluding carboxylic acids is 1. The van der Waals surface area contributed by atoms with Crippen molar-refractivity contribution in [3.8, 4) is 6.07 Å². The molecule has 0 amide bonds. The number of rotatable bonds is 4. The molecule has 1 aromatic heterocycles. The Hall–Kier alpha value is -1.70. The number of thiazole rings is 1. The Bertz CT molecular complexity index is 886. The molecule has 3 rings (SSSR count). The zero-order valence-corrected chi connectivity index (χ0v) is 15.7. The summed E-state index contributed by atoms with van der Waals surface area (Å²) in [5.41, 5.74) is 1.85. The van der Waals surface area contributed by atoms with Crippen LogP contribution in [0, 0.1) is 28.6 Å². The second-order valence-electron chi connectivity index (χ2n) is 7.20. The number of hydrogen-bond donors (Lipinski definition) is 0. The molecule has 124 valence electrons. The molecule has 2 aromatic rings. The minimum atomic E-state index is -0.805. The van der Waals surface area contributed by atoms with Gasteiger partial charge in [0.25, 0.3) is 0 Å². The van der Waals surface area contributed by atoms with Gasteiger partial charge in [0, 0.05) is 10.9 Å². The molecule has 5 heteroatoms. The van der Waals surface area contributed by atoms with Crippen LogP contribution in [0.1, 0.15) is 38.6 Å². The van der Waals surface area contributed by atoms with Gasteiger partial charge < -0.3 is 0 Å². The van der Waals surface area contributed by atoms with Gasteiger partial charge in [-0.3, -0.25) is 4.79 Å². The van der Waals surface area contributed by atoms with Gasteiger partial charge in [0.15, 0.2) is 11.7 Å². The van der Waals surface area contributed by atoms with Gasteiger partial charge in [0.2, 0.25) is 0 Å². The summed E-state index contributed by atoms with van der Waals surface area (Å²) in [6, 6.07) is 7.61. The molecule has 1 aromatic carbocycles. The number of Topliss-reactive ketones (excluding diaryl/α,β-unsaturated/α-hetero) is 1. The number of aromatic nitrogens is 1. The van der Waals surface area contributed by atoms with Gasteiger partial charge in [-0.15, -0.1) is 11.3 Å². The fraction of sp³-hybridized carbons (Fsp3) is 0.421. The third kappa shape index (κ3) is 2.87. The molecule has 0 saturated heterocycles. The molecule has 1 heterocycles. The maximum Gasteiger partial charge on any atom is 0.161 e. The zero-order valence-electron chi connectivity index (χ0n) is 14.1. The van der Waals surface area contributed by atoms with E-state index in [1.807, 2.05) is 19.9 Å². The molecule has 1 fully saturated rings. The zero-order chi connectivity index (χ0) is 17.6. The van der Waals surface area contributed by atoms with Crippen molar-refractivity contribution in [2.24, 2.45) is 17.3 Å². The van der Waals surface area contributed by atoms with Crippen molar-refractivity contribution < 1.29 is 4.79 Å². The van der Waals surface area contributed by atoms with E-state index >= 15 is 0 Å². The lowest BCUT2D eigenvalue weighted by atomic mass is 9.98. The van der Waals surface area contributed by atoms with Crippen LogP contribution in [0.2, 0.25) is 5.02 Å². The van der Waals surface area contributed by atoms with Crippen LogP contribution in [-0.2, 0) is 4.79 Å². The van der Waals surface area contributed by atoms with E-state index in [2.05, 4.69) is 31.0 Å². The van der Waals surface area contributed by atoms with Crippen LogP contribution >= 0.6 is 22.9 Å². The van der Waals surface area contributed by atoms with Crippen molar-refractivity contribution in [2.45, 2.75) is 33.6 Å². The normalized spacial score (nSPS) is 22.7. The highest BCUT2D eigenvalue weighted by Gasteiger charge is 2.61. The lowest BCUT2D eigenvalue weighted by Crippen LogP contribution is -2.15. The first-order valence-electron chi connectivity index (χ1n) is 7.90. The molecule has 1 aliphatic rings. The summed E-state index contributed by atoms with van der Waals surface area (Å²) in [5, 5.41) is 10.8. The highest BCUT2D eigenvalue weighted by molar-refractivity contribution is 7.18. The summed E-state index contributed by atoms with van der Waals surface area (Å²) in [7, 11) is 0. The number of nitrogens with zero attached hydrogens (tertiary/aromatic N) is 2. The lowest BCUT2D eigenvalue weighted by Gasteiger charge is -2.05. The van der Waals surface area contributed by atoms with E-state index in [1.54, 1.807) is 12.1 Å². The number of hydrogen-bond acceptors (Lipinski definition) is 4. The largest absolute Gasteiger partial charge is 0.297 e. The van der Waals surface area contributed by atoms with Crippen LogP contribution in [0.4, 0.5) is 0 Å². The summed E-state index contributed by atoms with van der Waals surface area (Å²) in [4.78, 5) is 17.5. The maximum atomic E-state index is 13.0. The van der Waals surface area contributed by atoms with Crippen LogP contribution in [0.3, 0.4) is 0 Å². The Labute approximate surface area is 151 Å². The quantitative estimate of drug-likeness (QED) is 0.691. The number of ketones is 1. The molecular weight excluding hydrogens is 340 g/mol. The van der Waals surface area contributed by atoms with Crippen molar-refractivity contribution in [2.75, 3.05) is 0 Å². The van der Waals surface area contributed by atoms with E-state index in [0.29, 0.717) is 10.0 Å². The van der Waals surface area contributed by atoms with Gasteiger partial charge in [0.1, 0.15) is 5.01 Å². The number of allylic oxidation sites excluding steroid dienone is 2. The second kappa shape index (κ2) is 5.98. The Morgan fingerprint density at radius 3 is 2.79 bits per heavy atom. The first-order valence-corrected chi connectivity index (χ1v) is 9.09. The summed E-state index contributed by atoms with van der Waals surface area (Å²) in [6.45, 7) is 8.25. The van der Waals surface area contributed by atoms with Gasteiger partial charge >= 0.3 is 0 Å². The molecule has 0 N–H and O–H groups in total. The highest BCUT2D eigenvalue weighted by Crippen LogP contribution is 2.61. The van der Waals surface area contributed by atoms with Gasteiger partial charge in [-0.25, -0.2) is 4.98 Å². The Morgan fingerprint density at radius 2 is 2.17 bits per heavy atom. The minimum Gasteiger partial charge on any atom is -0.297 e. The van der Waals surface area contributed by atoms with Gasteiger partial charge in [-0.1, -0.05) is 37.1 Å². The number of fused-ring (bicyclic) bond motifs is 1. The molecule has 1 aliphatic carbocycles. The predicted octanol–water partition coefficient (Wildman–Crippen LogP) is 5.36. The van der Waals surface area contributed by atoms with Gasteiger partial charge in [0.05, 0.1) is 16.3 Å². The fourth-order valence-corrected chi connectivity index (χ4v) is 4.52. The first-order chi connectivity index (χ1) is 11.3. The van der Waals surface area contributed by atoms with Crippen LogP contribution in [0.25, 0.3) is 10.2 Å². The summed E-state index contributed by atoms with van der Waals surface area (Å²) in [6.07, 6.45) is 2.15. The van der Waals surface area contributed by atoms with E-state index in [-0.39, 0.29) is 23.0 Å². The van der Waals surface area contributed by atoms with Crippen molar-refractivity contribution >= 4 is 38.9 Å². The summed E-state index contributed by atoms with van der Waals surface area (Å²) in [5.74, 6) is -0.738. The first kappa shape index (κ1) is 17.1. The van der Waals surface area contributed by atoms with E-state index in [1.165, 1.54) is 16.9 Å². The van der Waals surface area contributed by atoms with Gasteiger partial charge in [-0.05, 0) is 43.4 Å². The predicted molar refractivity (Wildman–Crippen MR) is 98.2 cm³/mol. The second-order valence-corrected chi connectivity index (χ2v) is 8.70. The van der Waals surface area contributed by atoms with E-state index in [0.717, 1.165) is 10.2 Å².